The second-order valence-electron chi connectivity index (χ2n) is 2.75. The highest BCUT2D eigenvalue weighted by Gasteiger charge is 2.26. The maximum Gasteiger partial charge on any atom is 0.389 e. The Balaban J connectivity index is 2.55. The molecule has 0 atom stereocenters. The number of benzene rings is 1. The van der Waals surface area contributed by atoms with Gasteiger partial charge in [-0.25, -0.2) is 0 Å². The van der Waals surface area contributed by atoms with Gasteiger partial charge in [-0.1, -0.05) is 28.1 Å². The number of hydrogen-bond donors (Lipinski definition) is 0. The van der Waals surface area contributed by atoms with Crippen LogP contribution in [0.1, 0.15) is 12.0 Å². The van der Waals surface area contributed by atoms with Crippen LogP contribution in [0.2, 0.25) is 0 Å². The molecule has 0 aliphatic rings. The first-order valence-electron chi connectivity index (χ1n) is 3.78. The summed E-state index contributed by atoms with van der Waals surface area (Å²) in [6.45, 7) is 0. The van der Waals surface area contributed by atoms with E-state index in [4.69, 9.17) is 0 Å². The lowest BCUT2D eigenvalue weighted by Crippen LogP contribution is -2.08. The molecule has 0 aliphatic heterocycles. The van der Waals surface area contributed by atoms with Crippen molar-refractivity contribution < 1.29 is 13.2 Å². The second-order valence-corrected chi connectivity index (χ2v) is 3.66. The van der Waals surface area contributed by atoms with Crippen molar-refractivity contribution in [2.45, 2.75) is 19.0 Å². The van der Waals surface area contributed by atoms with Crippen LogP contribution in [-0.2, 0) is 6.42 Å². The normalized spacial score (nSPS) is 11.7. The zero-order chi connectivity index (χ0) is 9.90. The van der Waals surface area contributed by atoms with E-state index in [9.17, 15) is 13.2 Å². The van der Waals surface area contributed by atoms with Crippen molar-refractivity contribution in [1.82, 2.24) is 0 Å². The summed E-state index contributed by atoms with van der Waals surface area (Å²) in [6.07, 6.45) is -4.78. The molecule has 0 heterocycles. The summed E-state index contributed by atoms with van der Waals surface area (Å²) in [6, 6.07) is 6.91. The van der Waals surface area contributed by atoms with Crippen molar-refractivity contribution in [3.63, 3.8) is 0 Å². The summed E-state index contributed by atoms with van der Waals surface area (Å²) in [5.41, 5.74) is 0.701. The molecule has 0 aliphatic carbocycles. The van der Waals surface area contributed by atoms with Gasteiger partial charge in [0.25, 0.3) is 0 Å². The Bertz CT molecular complexity index is 280. The lowest BCUT2D eigenvalue weighted by atomic mass is 10.1. The van der Waals surface area contributed by atoms with Crippen molar-refractivity contribution in [3.05, 3.63) is 34.3 Å². The molecule has 72 valence electrons. The number of hydrogen-bond acceptors (Lipinski definition) is 0. The minimum Gasteiger partial charge on any atom is -0.171 e. The molecule has 0 unspecified atom stereocenters. The number of rotatable bonds is 2. The third-order valence-corrected chi connectivity index (χ3v) is 2.08. The second kappa shape index (κ2) is 4.13. The molecule has 0 N–H and O–H groups in total. The Morgan fingerprint density at radius 2 is 1.92 bits per heavy atom. The highest BCUT2D eigenvalue weighted by atomic mass is 79.9. The van der Waals surface area contributed by atoms with Gasteiger partial charge in [-0.15, -0.1) is 0 Å². The van der Waals surface area contributed by atoms with Crippen LogP contribution in [0.25, 0.3) is 0 Å². The van der Waals surface area contributed by atoms with Crippen LogP contribution in [0, 0.1) is 0 Å². The lowest BCUT2D eigenvalue weighted by Gasteiger charge is -2.05. The molecule has 0 amide bonds. The minimum absolute atomic E-state index is 0.0446. The molecule has 1 rings (SSSR count). The van der Waals surface area contributed by atoms with E-state index in [0.29, 0.717) is 5.56 Å². The van der Waals surface area contributed by atoms with E-state index in [2.05, 4.69) is 15.9 Å². The fourth-order valence-corrected chi connectivity index (χ4v) is 1.43. The van der Waals surface area contributed by atoms with Gasteiger partial charge in [0.2, 0.25) is 0 Å². The molecule has 0 bridgehead atoms. The lowest BCUT2D eigenvalue weighted by molar-refractivity contribution is -0.133. The Labute approximate surface area is 82.9 Å². The van der Waals surface area contributed by atoms with E-state index >= 15 is 0 Å². The van der Waals surface area contributed by atoms with Crippen LogP contribution in [0.4, 0.5) is 13.2 Å². The SMILES string of the molecule is FC(F)(F)CCc1cccc(Br)c1. The Hall–Kier alpha value is -0.510. The van der Waals surface area contributed by atoms with E-state index in [1.54, 1.807) is 24.3 Å². The van der Waals surface area contributed by atoms with Gasteiger partial charge >= 0.3 is 6.18 Å². The molecule has 0 saturated carbocycles. The third-order valence-electron chi connectivity index (χ3n) is 1.59. The Morgan fingerprint density at radius 3 is 2.46 bits per heavy atom. The standard InChI is InChI=1S/C9H8BrF3/c10-8-3-1-2-7(6-8)4-5-9(11,12)13/h1-3,6H,4-5H2. The van der Waals surface area contributed by atoms with Gasteiger partial charge in [-0.05, 0) is 24.1 Å². The van der Waals surface area contributed by atoms with E-state index in [0.717, 1.165) is 4.47 Å². The van der Waals surface area contributed by atoms with Crippen LogP contribution in [0.3, 0.4) is 0 Å². The molecule has 0 fully saturated rings. The number of halogens is 4. The summed E-state index contributed by atoms with van der Waals surface area (Å²) >= 11 is 3.20. The fraction of sp³-hybridized carbons (Fsp3) is 0.333. The molecule has 1 aromatic rings. The quantitative estimate of drug-likeness (QED) is 0.748. The summed E-state index contributed by atoms with van der Waals surface area (Å²) < 4.78 is 36.3. The van der Waals surface area contributed by atoms with E-state index in [1.165, 1.54) is 0 Å². The first-order chi connectivity index (χ1) is 5.97. The van der Waals surface area contributed by atoms with E-state index < -0.39 is 12.6 Å². The molecule has 0 spiro atoms. The molecule has 0 radical (unpaired) electrons. The van der Waals surface area contributed by atoms with Crippen LogP contribution >= 0.6 is 15.9 Å². The minimum atomic E-state index is -4.07. The molecule has 4 heteroatoms. The topological polar surface area (TPSA) is 0 Å². The first-order valence-corrected chi connectivity index (χ1v) is 4.58. The van der Waals surface area contributed by atoms with Crippen molar-refractivity contribution in [2.24, 2.45) is 0 Å². The molecule has 13 heavy (non-hydrogen) atoms. The van der Waals surface area contributed by atoms with Crippen LogP contribution in [-0.4, -0.2) is 6.18 Å². The van der Waals surface area contributed by atoms with Gasteiger partial charge in [-0.3, -0.25) is 0 Å². The van der Waals surface area contributed by atoms with Gasteiger partial charge in [0.1, 0.15) is 0 Å². The summed E-state index contributed by atoms with van der Waals surface area (Å²) in [5.74, 6) is 0. The maximum absolute atomic E-state index is 11.8. The van der Waals surface area contributed by atoms with E-state index in [1.807, 2.05) is 0 Å². The molecule has 1 aromatic carbocycles. The predicted octanol–water partition coefficient (Wildman–Crippen LogP) is 3.94. The Kier molecular flexibility index (Phi) is 3.36. The first kappa shape index (κ1) is 10.6. The maximum atomic E-state index is 11.8. The smallest absolute Gasteiger partial charge is 0.171 e. The average molecular weight is 253 g/mol. The summed E-state index contributed by atoms with van der Waals surface area (Å²) in [7, 11) is 0. The highest BCUT2D eigenvalue weighted by Crippen LogP contribution is 2.22. The molecule has 0 nitrogen and oxygen atoms in total. The molecule has 0 saturated heterocycles. The summed E-state index contributed by atoms with van der Waals surface area (Å²) in [5, 5.41) is 0. The third kappa shape index (κ3) is 4.31. The molecular weight excluding hydrogens is 245 g/mol. The summed E-state index contributed by atoms with van der Waals surface area (Å²) in [4.78, 5) is 0. The van der Waals surface area contributed by atoms with Gasteiger partial charge in [0.05, 0.1) is 0 Å². The zero-order valence-corrected chi connectivity index (χ0v) is 8.32. The van der Waals surface area contributed by atoms with Crippen LogP contribution in [0.15, 0.2) is 28.7 Å². The monoisotopic (exact) mass is 252 g/mol. The highest BCUT2D eigenvalue weighted by molar-refractivity contribution is 9.10. The predicted molar refractivity (Wildman–Crippen MR) is 48.5 cm³/mol. The van der Waals surface area contributed by atoms with Gasteiger partial charge < -0.3 is 0 Å². The molecular formula is C9H8BrF3. The van der Waals surface area contributed by atoms with Crippen molar-refractivity contribution in [2.75, 3.05) is 0 Å². The van der Waals surface area contributed by atoms with Crippen molar-refractivity contribution in [3.8, 4) is 0 Å². The largest absolute Gasteiger partial charge is 0.389 e. The van der Waals surface area contributed by atoms with Gasteiger partial charge in [0, 0.05) is 10.9 Å². The van der Waals surface area contributed by atoms with Crippen LogP contribution < -0.4 is 0 Å². The molecule has 0 aromatic heterocycles. The fourth-order valence-electron chi connectivity index (χ4n) is 0.979. The number of aryl methyl sites for hydroxylation is 1. The Morgan fingerprint density at radius 1 is 1.23 bits per heavy atom. The zero-order valence-electron chi connectivity index (χ0n) is 6.74. The average Bonchev–Trinajstić information content (AvgIpc) is 2.00. The van der Waals surface area contributed by atoms with Crippen LogP contribution in [0.5, 0.6) is 0 Å². The van der Waals surface area contributed by atoms with Crippen molar-refractivity contribution >= 4 is 15.9 Å². The van der Waals surface area contributed by atoms with E-state index in [-0.39, 0.29) is 6.42 Å². The van der Waals surface area contributed by atoms with Gasteiger partial charge in [0.15, 0.2) is 0 Å². The number of alkyl halides is 3. The van der Waals surface area contributed by atoms with Crippen molar-refractivity contribution in [1.29, 1.82) is 0 Å². The van der Waals surface area contributed by atoms with Gasteiger partial charge in [-0.2, -0.15) is 13.2 Å².